The number of rotatable bonds is 3. The van der Waals surface area contributed by atoms with E-state index in [2.05, 4.69) is 79.0 Å². The van der Waals surface area contributed by atoms with Gasteiger partial charge >= 0.3 is 0 Å². The van der Waals surface area contributed by atoms with Gasteiger partial charge in [0.2, 0.25) is 0 Å². The van der Waals surface area contributed by atoms with Gasteiger partial charge in [-0.25, -0.2) is 0 Å². The van der Waals surface area contributed by atoms with E-state index >= 15 is 0 Å². The van der Waals surface area contributed by atoms with Crippen LogP contribution in [0.1, 0.15) is 5.56 Å². The zero-order chi connectivity index (χ0) is 13.1. The van der Waals surface area contributed by atoms with Gasteiger partial charge in [0.25, 0.3) is 5.84 Å². The number of nitrogens with zero attached hydrogens (tertiary/aromatic N) is 3. The maximum Gasteiger partial charge on any atom is 0.273 e. The van der Waals surface area contributed by atoms with Crippen LogP contribution in [0.5, 0.6) is 0 Å². The van der Waals surface area contributed by atoms with Crippen molar-refractivity contribution in [3.8, 4) is 0 Å². The molecule has 0 spiro atoms. The van der Waals surface area contributed by atoms with Crippen molar-refractivity contribution >= 4 is 11.5 Å². The van der Waals surface area contributed by atoms with E-state index in [4.69, 9.17) is 0 Å². The lowest BCUT2D eigenvalue weighted by Crippen LogP contribution is -3.00. The van der Waals surface area contributed by atoms with Gasteiger partial charge in [0, 0.05) is 14.1 Å². The van der Waals surface area contributed by atoms with Crippen LogP contribution >= 0.6 is 0 Å². The third-order valence-corrected chi connectivity index (χ3v) is 3.37. The fourth-order valence-corrected chi connectivity index (χ4v) is 2.24. The first kappa shape index (κ1) is 15.6. The predicted molar refractivity (Wildman–Crippen MR) is 76.8 cm³/mol. The first-order chi connectivity index (χ1) is 8.59. The Hall–Kier alpha value is -1.48. The summed E-state index contributed by atoms with van der Waals surface area (Å²) in [6.07, 6.45) is 2.27. The highest BCUT2D eigenvalue weighted by atomic mass is 35.5. The maximum atomic E-state index is 2.30. The molecule has 1 aromatic rings. The highest BCUT2D eigenvalue weighted by molar-refractivity contribution is 5.96. The van der Waals surface area contributed by atoms with Crippen LogP contribution in [0, 0.1) is 0 Å². The number of likely N-dealkylation sites (N-methyl/N-ethyl adjacent to an activating group) is 2. The minimum atomic E-state index is 0. The Morgan fingerprint density at radius 3 is 2.37 bits per heavy atom. The van der Waals surface area contributed by atoms with Crippen molar-refractivity contribution in [2.24, 2.45) is 0 Å². The Kier molecular flexibility index (Phi) is 5.43. The van der Waals surface area contributed by atoms with E-state index in [9.17, 15) is 0 Å². The van der Waals surface area contributed by atoms with Crippen LogP contribution in [0.3, 0.4) is 0 Å². The molecule has 0 bridgehead atoms. The summed E-state index contributed by atoms with van der Waals surface area (Å²) in [6.45, 7) is 2.19. The number of hydrogen-bond acceptors (Lipinski definition) is 2. The van der Waals surface area contributed by atoms with Crippen molar-refractivity contribution in [1.82, 2.24) is 9.80 Å². The number of halogens is 1. The van der Waals surface area contributed by atoms with Crippen LogP contribution in [0.2, 0.25) is 0 Å². The summed E-state index contributed by atoms with van der Waals surface area (Å²) in [5, 5.41) is 0. The highest BCUT2D eigenvalue weighted by Gasteiger charge is 2.23. The second-order valence-electron chi connectivity index (χ2n) is 4.99. The molecule has 0 saturated carbocycles. The number of amidine groups is 1. The monoisotopic (exact) mass is 279 g/mol. The van der Waals surface area contributed by atoms with Gasteiger partial charge in [0.15, 0.2) is 0 Å². The fourth-order valence-electron chi connectivity index (χ4n) is 2.24. The van der Waals surface area contributed by atoms with Gasteiger partial charge in [0.1, 0.15) is 13.1 Å². The quantitative estimate of drug-likeness (QED) is 0.629. The Morgan fingerprint density at radius 2 is 1.89 bits per heavy atom. The van der Waals surface area contributed by atoms with Gasteiger partial charge in [-0.15, -0.1) is 0 Å². The molecule has 0 radical (unpaired) electrons. The standard InChI is InChI=1S/C15H22N3.ClH/c1-16(2)14(13-8-6-5-7-9-13)12-15-17(3)10-11-18(15)4;/h5-9,12H,10-11H2,1-4H3;1H/q+1;/p-1. The van der Waals surface area contributed by atoms with Gasteiger partial charge < -0.3 is 17.3 Å². The van der Waals surface area contributed by atoms with Gasteiger partial charge in [0.05, 0.1) is 25.9 Å². The molecule has 0 fully saturated rings. The summed E-state index contributed by atoms with van der Waals surface area (Å²) in [4.78, 5) is 4.47. The third kappa shape index (κ3) is 3.51. The van der Waals surface area contributed by atoms with Crippen molar-refractivity contribution in [2.45, 2.75) is 0 Å². The molecule has 0 aliphatic carbocycles. The first-order valence-corrected chi connectivity index (χ1v) is 6.33. The molecule has 4 heteroatoms. The second-order valence-corrected chi connectivity index (χ2v) is 4.99. The molecular weight excluding hydrogens is 258 g/mol. The Labute approximate surface area is 122 Å². The van der Waals surface area contributed by atoms with E-state index in [1.807, 2.05) is 0 Å². The van der Waals surface area contributed by atoms with E-state index in [1.54, 1.807) is 0 Å². The average Bonchev–Trinajstić information content (AvgIpc) is 2.67. The molecule has 19 heavy (non-hydrogen) atoms. The molecule has 2 rings (SSSR count). The smallest absolute Gasteiger partial charge is 0.273 e. The van der Waals surface area contributed by atoms with Gasteiger partial charge in [-0.3, -0.25) is 9.48 Å². The van der Waals surface area contributed by atoms with Crippen molar-refractivity contribution in [3.05, 3.63) is 42.0 Å². The van der Waals surface area contributed by atoms with Crippen LogP contribution in [0.4, 0.5) is 0 Å². The molecule has 1 aromatic carbocycles. The Morgan fingerprint density at radius 1 is 1.26 bits per heavy atom. The molecule has 0 amide bonds. The van der Waals surface area contributed by atoms with E-state index in [0.29, 0.717) is 0 Å². The average molecular weight is 280 g/mol. The Bertz CT molecular complexity index is 477. The van der Waals surface area contributed by atoms with Gasteiger partial charge in [-0.2, -0.15) is 0 Å². The van der Waals surface area contributed by atoms with Crippen molar-refractivity contribution in [1.29, 1.82) is 0 Å². The van der Waals surface area contributed by atoms with Crippen LogP contribution in [0.25, 0.3) is 5.70 Å². The minimum Gasteiger partial charge on any atom is -1.00 e. The predicted octanol–water partition coefficient (Wildman–Crippen LogP) is -1.42. The molecule has 1 aliphatic rings. The fraction of sp³-hybridized carbons (Fsp3) is 0.400. The molecule has 1 heterocycles. The van der Waals surface area contributed by atoms with E-state index < -0.39 is 0 Å². The van der Waals surface area contributed by atoms with Crippen LogP contribution in [-0.2, 0) is 0 Å². The van der Waals surface area contributed by atoms with E-state index in [0.717, 1.165) is 13.1 Å². The lowest BCUT2D eigenvalue weighted by atomic mass is 10.1. The van der Waals surface area contributed by atoms with Crippen LogP contribution in [0.15, 0.2) is 36.4 Å². The van der Waals surface area contributed by atoms with Crippen molar-refractivity contribution in [3.63, 3.8) is 0 Å². The number of benzene rings is 1. The van der Waals surface area contributed by atoms with Gasteiger partial charge in [-0.05, 0) is 5.56 Å². The highest BCUT2D eigenvalue weighted by Crippen LogP contribution is 2.17. The zero-order valence-corrected chi connectivity index (χ0v) is 12.9. The summed E-state index contributed by atoms with van der Waals surface area (Å²) in [7, 11) is 8.48. The SMILES string of the molecule is CN1CC[N+](C)=C1/C=C(\c1ccccc1)N(C)C.[Cl-]. The molecule has 0 atom stereocenters. The molecule has 0 aromatic heterocycles. The third-order valence-electron chi connectivity index (χ3n) is 3.37. The molecule has 0 saturated heterocycles. The summed E-state index contributed by atoms with van der Waals surface area (Å²) in [6, 6.07) is 10.5. The van der Waals surface area contributed by atoms with Crippen LogP contribution < -0.4 is 12.4 Å². The molecule has 0 N–H and O–H groups in total. The van der Waals surface area contributed by atoms with E-state index in [1.165, 1.54) is 17.1 Å². The molecule has 3 nitrogen and oxygen atoms in total. The summed E-state index contributed by atoms with van der Waals surface area (Å²) in [5.74, 6) is 1.28. The van der Waals surface area contributed by atoms with Crippen molar-refractivity contribution < 1.29 is 17.0 Å². The number of hydrogen-bond donors (Lipinski definition) is 0. The van der Waals surface area contributed by atoms with Gasteiger partial charge in [-0.1, -0.05) is 30.3 Å². The van der Waals surface area contributed by atoms with Crippen molar-refractivity contribution in [2.75, 3.05) is 41.3 Å². The minimum absolute atomic E-state index is 0. The maximum absolute atomic E-state index is 2.30. The van der Waals surface area contributed by atoms with Crippen LogP contribution in [-0.4, -0.2) is 61.5 Å². The molecule has 104 valence electrons. The second kappa shape index (κ2) is 6.62. The molecule has 1 aliphatic heterocycles. The lowest BCUT2D eigenvalue weighted by molar-refractivity contribution is -0.485. The normalized spacial score (nSPS) is 15.6. The summed E-state index contributed by atoms with van der Waals surface area (Å²) < 4.78 is 2.30. The topological polar surface area (TPSA) is 9.49 Å². The Balaban J connectivity index is 0.00000180. The lowest BCUT2D eigenvalue weighted by Gasteiger charge is -2.18. The largest absolute Gasteiger partial charge is 1.00 e. The zero-order valence-electron chi connectivity index (χ0n) is 12.1. The summed E-state index contributed by atoms with van der Waals surface area (Å²) in [5.41, 5.74) is 2.50. The molecular formula is C15H22ClN3. The van der Waals surface area contributed by atoms with E-state index in [-0.39, 0.29) is 12.4 Å². The summed E-state index contributed by atoms with van der Waals surface area (Å²) >= 11 is 0. The molecule has 0 unspecified atom stereocenters. The first-order valence-electron chi connectivity index (χ1n) is 6.33.